The molecule has 2 rings (SSSR count). The third-order valence-corrected chi connectivity index (χ3v) is 4.23. The van der Waals surface area contributed by atoms with Gasteiger partial charge in [-0.2, -0.15) is 11.3 Å². The first-order valence-corrected chi connectivity index (χ1v) is 8.30. The van der Waals surface area contributed by atoms with Gasteiger partial charge in [-0.1, -0.05) is 12.1 Å². The van der Waals surface area contributed by atoms with Crippen LogP contribution in [-0.4, -0.2) is 36.4 Å². The molecular formula is C17H19N3O3S. The molecule has 1 atom stereocenters. The van der Waals surface area contributed by atoms with Crippen LogP contribution in [0.3, 0.4) is 0 Å². The van der Waals surface area contributed by atoms with E-state index in [1.165, 1.54) is 18.2 Å². The van der Waals surface area contributed by atoms with Crippen LogP contribution in [0.2, 0.25) is 0 Å². The molecule has 126 valence electrons. The third-order valence-electron chi connectivity index (χ3n) is 3.53. The van der Waals surface area contributed by atoms with Crippen LogP contribution in [0.5, 0.6) is 0 Å². The zero-order valence-corrected chi connectivity index (χ0v) is 14.3. The zero-order chi connectivity index (χ0) is 17.5. The molecule has 0 aliphatic heterocycles. The zero-order valence-electron chi connectivity index (χ0n) is 13.5. The first kappa shape index (κ1) is 17.8. The van der Waals surface area contributed by atoms with Crippen molar-refractivity contribution in [1.82, 2.24) is 10.2 Å². The largest absolute Gasteiger partial charge is 0.351 e. The van der Waals surface area contributed by atoms with Gasteiger partial charge in [-0.05, 0) is 48.1 Å². The van der Waals surface area contributed by atoms with Crippen LogP contribution in [-0.2, 0) is 4.79 Å². The SMILES string of the molecule is CN(C)C(CNC(=O)/C=C/c1cccc([N+](=O)[O-])c1)c1ccsc1. The Morgan fingerprint density at radius 3 is 2.83 bits per heavy atom. The van der Waals surface area contributed by atoms with Gasteiger partial charge in [0.15, 0.2) is 0 Å². The number of benzene rings is 1. The number of amides is 1. The summed E-state index contributed by atoms with van der Waals surface area (Å²) in [7, 11) is 3.93. The summed E-state index contributed by atoms with van der Waals surface area (Å²) in [5.74, 6) is -0.233. The van der Waals surface area contributed by atoms with Crippen molar-refractivity contribution in [3.8, 4) is 0 Å². The molecule has 0 aliphatic rings. The van der Waals surface area contributed by atoms with Crippen LogP contribution in [0.4, 0.5) is 5.69 Å². The number of likely N-dealkylation sites (N-methyl/N-ethyl adjacent to an activating group) is 1. The minimum absolute atomic E-state index is 0.00249. The number of thiophene rings is 1. The van der Waals surface area contributed by atoms with Crippen molar-refractivity contribution in [2.75, 3.05) is 20.6 Å². The predicted molar refractivity (Wildman–Crippen MR) is 95.9 cm³/mol. The molecule has 2 aromatic rings. The molecule has 1 amide bonds. The topological polar surface area (TPSA) is 75.5 Å². The van der Waals surface area contributed by atoms with Crippen molar-refractivity contribution in [3.05, 3.63) is 68.4 Å². The molecule has 0 fully saturated rings. The van der Waals surface area contributed by atoms with Gasteiger partial charge in [0.1, 0.15) is 0 Å². The monoisotopic (exact) mass is 345 g/mol. The van der Waals surface area contributed by atoms with E-state index in [2.05, 4.69) is 10.7 Å². The van der Waals surface area contributed by atoms with Crippen molar-refractivity contribution >= 4 is 29.0 Å². The van der Waals surface area contributed by atoms with Gasteiger partial charge in [0.05, 0.1) is 11.0 Å². The van der Waals surface area contributed by atoms with Crippen LogP contribution in [0.15, 0.2) is 47.2 Å². The molecule has 24 heavy (non-hydrogen) atoms. The molecule has 0 spiro atoms. The summed E-state index contributed by atoms with van der Waals surface area (Å²) in [5.41, 5.74) is 1.77. The second-order valence-corrected chi connectivity index (χ2v) is 6.25. The lowest BCUT2D eigenvalue weighted by Gasteiger charge is -2.23. The highest BCUT2D eigenvalue weighted by Gasteiger charge is 2.14. The lowest BCUT2D eigenvalue weighted by molar-refractivity contribution is -0.384. The summed E-state index contributed by atoms with van der Waals surface area (Å²) in [4.78, 5) is 24.3. The summed E-state index contributed by atoms with van der Waals surface area (Å²) < 4.78 is 0. The standard InChI is InChI=1S/C17H19N3O3S/c1-19(2)16(14-8-9-24-12-14)11-18-17(21)7-6-13-4-3-5-15(10-13)20(22)23/h3-10,12,16H,11H2,1-2H3,(H,18,21)/b7-6+. The number of carbonyl (C=O) groups is 1. The van der Waals surface area contributed by atoms with Gasteiger partial charge < -0.3 is 10.2 Å². The maximum atomic E-state index is 12.0. The molecule has 7 heteroatoms. The lowest BCUT2D eigenvalue weighted by Crippen LogP contribution is -2.33. The summed E-state index contributed by atoms with van der Waals surface area (Å²) in [6.07, 6.45) is 2.96. The first-order valence-electron chi connectivity index (χ1n) is 7.36. The fourth-order valence-electron chi connectivity index (χ4n) is 2.23. The maximum Gasteiger partial charge on any atom is 0.270 e. The van der Waals surface area contributed by atoms with E-state index >= 15 is 0 Å². The average molecular weight is 345 g/mol. The van der Waals surface area contributed by atoms with E-state index < -0.39 is 4.92 Å². The Bertz CT molecular complexity index is 726. The Kier molecular flexibility index (Phi) is 6.22. The third kappa shape index (κ3) is 5.00. The number of hydrogen-bond donors (Lipinski definition) is 1. The Hall–Kier alpha value is -2.51. The van der Waals surface area contributed by atoms with Gasteiger partial charge in [0.25, 0.3) is 5.69 Å². The van der Waals surface area contributed by atoms with E-state index in [-0.39, 0.29) is 17.6 Å². The molecule has 0 aliphatic carbocycles. The van der Waals surface area contributed by atoms with Crippen molar-refractivity contribution in [2.45, 2.75) is 6.04 Å². The quantitative estimate of drug-likeness (QED) is 0.475. The Balaban J connectivity index is 1.95. The van der Waals surface area contributed by atoms with Gasteiger partial charge in [0, 0.05) is 24.8 Å². The van der Waals surface area contributed by atoms with Crippen molar-refractivity contribution in [3.63, 3.8) is 0 Å². The highest BCUT2D eigenvalue weighted by atomic mass is 32.1. The van der Waals surface area contributed by atoms with Gasteiger partial charge in [0.2, 0.25) is 5.91 Å². The molecule has 0 saturated carbocycles. The van der Waals surface area contributed by atoms with Crippen LogP contribution in [0.25, 0.3) is 6.08 Å². The number of hydrogen-bond acceptors (Lipinski definition) is 5. The summed E-state index contributed by atoms with van der Waals surface area (Å²) >= 11 is 1.62. The number of nitro benzene ring substituents is 1. The second-order valence-electron chi connectivity index (χ2n) is 5.47. The van der Waals surface area contributed by atoms with E-state index in [0.29, 0.717) is 12.1 Å². The van der Waals surface area contributed by atoms with Crippen molar-refractivity contribution in [1.29, 1.82) is 0 Å². The minimum Gasteiger partial charge on any atom is -0.351 e. The number of nitro groups is 1. The van der Waals surface area contributed by atoms with Crippen molar-refractivity contribution in [2.24, 2.45) is 0 Å². The summed E-state index contributed by atoms with van der Waals surface area (Å²) in [5, 5.41) is 17.7. The van der Waals surface area contributed by atoms with Gasteiger partial charge >= 0.3 is 0 Å². The number of nitrogens with zero attached hydrogens (tertiary/aromatic N) is 2. The van der Waals surface area contributed by atoms with E-state index in [1.54, 1.807) is 29.5 Å². The summed E-state index contributed by atoms with van der Waals surface area (Å²) in [6, 6.07) is 8.29. The number of carbonyl (C=O) groups excluding carboxylic acids is 1. The molecule has 1 aromatic heterocycles. The highest BCUT2D eigenvalue weighted by molar-refractivity contribution is 7.07. The Labute approximate surface area is 144 Å². The summed E-state index contributed by atoms with van der Waals surface area (Å²) in [6.45, 7) is 0.488. The normalized spacial score (nSPS) is 12.5. The first-order chi connectivity index (χ1) is 11.5. The van der Waals surface area contributed by atoms with Crippen LogP contribution in [0.1, 0.15) is 17.2 Å². The predicted octanol–water partition coefficient (Wildman–Crippen LogP) is 3.09. The number of rotatable bonds is 7. The molecule has 1 heterocycles. The molecule has 1 aromatic carbocycles. The fraction of sp³-hybridized carbons (Fsp3) is 0.235. The van der Waals surface area contributed by atoms with Crippen LogP contribution < -0.4 is 5.32 Å². The lowest BCUT2D eigenvalue weighted by atomic mass is 10.1. The molecule has 0 bridgehead atoms. The Morgan fingerprint density at radius 2 is 2.21 bits per heavy atom. The van der Waals surface area contributed by atoms with E-state index in [0.717, 1.165) is 5.56 Å². The molecular weight excluding hydrogens is 326 g/mol. The van der Waals surface area contributed by atoms with Crippen LogP contribution in [0, 0.1) is 10.1 Å². The average Bonchev–Trinajstić information content (AvgIpc) is 3.07. The molecule has 0 saturated heterocycles. The van der Waals surface area contributed by atoms with E-state index in [4.69, 9.17) is 0 Å². The second kappa shape index (κ2) is 8.37. The van der Waals surface area contributed by atoms with Gasteiger partial charge in [-0.25, -0.2) is 0 Å². The van der Waals surface area contributed by atoms with E-state index in [1.807, 2.05) is 30.4 Å². The maximum absolute atomic E-state index is 12.0. The Morgan fingerprint density at radius 1 is 1.42 bits per heavy atom. The molecule has 6 nitrogen and oxygen atoms in total. The number of non-ortho nitro benzene ring substituents is 1. The smallest absolute Gasteiger partial charge is 0.270 e. The van der Waals surface area contributed by atoms with Crippen LogP contribution >= 0.6 is 11.3 Å². The minimum atomic E-state index is -0.458. The van der Waals surface area contributed by atoms with Gasteiger partial charge in [-0.15, -0.1) is 0 Å². The molecule has 0 radical (unpaired) electrons. The van der Waals surface area contributed by atoms with E-state index in [9.17, 15) is 14.9 Å². The fourth-order valence-corrected chi connectivity index (χ4v) is 2.94. The van der Waals surface area contributed by atoms with Gasteiger partial charge in [-0.3, -0.25) is 14.9 Å². The van der Waals surface area contributed by atoms with Crippen molar-refractivity contribution < 1.29 is 9.72 Å². The molecule has 1 unspecified atom stereocenters. The molecule has 1 N–H and O–H groups in total. The number of nitrogens with one attached hydrogen (secondary N) is 1. The highest BCUT2D eigenvalue weighted by Crippen LogP contribution is 2.20.